The topological polar surface area (TPSA) is 52.8 Å². The molecule has 0 bridgehead atoms. The average Bonchev–Trinajstić information content (AvgIpc) is 3.06. The van der Waals surface area contributed by atoms with Crippen molar-refractivity contribution < 1.29 is 4.74 Å². The van der Waals surface area contributed by atoms with Crippen molar-refractivity contribution >= 4 is 11.0 Å². The lowest BCUT2D eigenvalue weighted by Gasteiger charge is -2.09. The summed E-state index contributed by atoms with van der Waals surface area (Å²) in [5.74, 6) is 0.738. The Labute approximate surface area is 133 Å². The summed E-state index contributed by atoms with van der Waals surface area (Å²) >= 11 is 0. The van der Waals surface area contributed by atoms with Gasteiger partial charge in [0.05, 0.1) is 18.5 Å². The van der Waals surface area contributed by atoms with Gasteiger partial charge >= 0.3 is 0 Å². The molecule has 0 aliphatic carbocycles. The molecule has 0 saturated heterocycles. The van der Waals surface area contributed by atoms with Crippen LogP contribution in [0.1, 0.15) is 0 Å². The zero-order chi connectivity index (χ0) is 15.6. The summed E-state index contributed by atoms with van der Waals surface area (Å²) in [6.45, 7) is 0. The molecule has 4 aromatic rings. The highest BCUT2D eigenvalue weighted by Gasteiger charge is 2.10. The second-order valence-corrected chi connectivity index (χ2v) is 5.08. The minimum Gasteiger partial charge on any atom is -0.496 e. The predicted octanol–water partition coefficient (Wildman–Crippen LogP) is 3.49. The number of benzene rings is 2. The first-order valence-corrected chi connectivity index (χ1v) is 7.27. The molecule has 0 amide bonds. The molecule has 2 heterocycles. The van der Waals surface area contributed by atoms with Crippen molar-refractivity contribution in [2.45, 2.75) is 0 Å². The third-order valence-corrected chi connectivity index (χ3v) is 3.64. The lowest BCUT2D eigenvalue weighted by Crippen LogP contribution is -2.00. The number of aromatic nitrogens is 4. The zero-order valence-electron chi connectivity index (χ0n) is 12.5. The molecule has 2 aromatic heterocycles. The molecule has 0 atom stereocenters. The number of hydrogen-bond acceptors (Lipinski definition) is 4. The molecule has 5 heteroatoms. The van der Waals surface area contributed by atoms with Crippen molar-refractivity contribution in [2.75, 3.05) is 7.11 Å². The second-order valence-electron chi connectivity index (χ2n) is 5.08. The molecule has 2 aromatic carbocycles. The molecule has 0 fully saturated rings. The van der Waals surface area contributed by atoms with Crippen LogP contribution < -0.4 is 4.74 Å². The molecule has 5 nitrogen and oxygen atoms in total. The molecule has 0 spiro atoms. The first-order valence-electron chi connectivity index (χ1n) is 7.27. The normalized spacial score (nSPS) is 10.8. The molecule has 0 N–H and O–H groups in total. The number of methoxy groups -OCH3 is 1. The van der Waals surface area contributed by atoms with Gasteiger partial charge < -0.3 is 4.74 Å². The largest absolute Gasteiger partial charge is 0.496 e. The lowest BCUT2D eigenvalue weighted by molar-refractivity contribution is 0.416. The van der Waals surface area contributed by atoms with E-state index in [1.807, 2.05) is 60.7 Å². The van der Waals surface area contributed by atoms with Gasteiger partial charge in [-0.25, -0.2) is 0 Å². The van der Waals surface area contributed by atoms with Crippen molar-refractivity contribution in [3.05, 3.63) is 66.9 Å². The highest BCUT2D eigenvalue weighted by molar-refractivity contribution is 5.74. The molecule has 0 aliphatic rings. The van der Waals surface area contributed by atoms with Crippen LogP contribution in [0, 0.1) is 0 Å². The van der Waals surface area contributed by atoms with Gasteiger partial charge in [0.15, 0.2) is 0 Å². The van der Waals surface area contributed by atoms with Gasteiger partial charge in [-0.2, -0.15) is 4.80 Å². The summed E-state index contributed by atoms with van der Waals surface area (Å²) in [6, 6.07) is 19.5. The van der Waals surface area contributed by atoms with Crippen LogP contribution >= 0.6 is 0 Å². The fourth-order valence-electron chi connectivity index (χ4n) is 2.51. The van der Waals surface area contributed by atoms with Crippen LogP contribution in [-0.2, 0) is 0 Å². The molecule has 112 valence electrons. The highest BCUT2D eigenvalue weighted by atomic mass is 16.5. The Morgan fingerprint density at radius 2 is 1.61 bits per heavy atom. The maximum Gasteiger partial charge on any atom is 0.130 e. The lowest BCUT2D eigenvalue weighted by atomic mass is 10.1. The van der Waals surface area contributed by atoms with Crippen LogP contribution in [0.4, 0.5) is 0 Å². The van der Waals surface area contributed by atoms with E-state index in [0.717, 1.165) is 33.7 Å². The van der Waals surface area contributed by atoms with Crippen molar-refractivity contribution in [1.82, 2.24) is 20.0 Å². The molecular formula is C18H14N4O. The van der Waals surface area contributed by atoms with Crippen molar-refractivity contribution in [3.63, 3.8) is 0 Å². The number of ether oxygens (including phenoxy) is 1. The van der Waals surface area contributed by atoms with E-state index in [9.17, 15) is 0 Å². The summed E-state index contributed by atoms with van der Waals surface area (Å²) in [6.07, 6.45) is 1.77. The van der Waals surface area contributed by atoms with E-state index >= 15 is 0 Å². The van der Waals surface area contributed by atoms with E-state index in [-0.39, 0.29) is 0 Å². The number of rotatable bonds is 3. The molecule has 0 saturated carbocycles. The Hall–Kier alpha value is -3.21. The summed E-state index contributed by atoms with van der Waals surface area (Å²) in [5.41, 5.74) is 4.38. The fourth-order valence-corrected chi connectivity index (χ4v) is 2.51. The predicted molar refractivity (Wildman–Crippen MR) is 88.6 cm³/mol. The Morgan fingerprint density at radius 1 is 0.870 bits per heavy atom. The third-order valence-electron chi connectivity index (χ3n) is 3.64. The van der Waals surface area contributed by atoms with Crippen LogP contribution in [0.15, 0.2) is 66.9 Å². The van der Waals surface area contributed by atoms with Gasteiger partial charge in [-0.05, 0) is 36.4 Å². The molecule has 0 unspecified atom stereocenters. The standard InChI is InChI=1S/C18H14N4O/c1-23-18-12-13(9-10-14(18)15-6-4-5-11-19-15)22-20-16-7-2-3-8-17(16)21-22/h2-12H,1H3. The zero-order valence-corrected chi connectivity index (χ0v) is 12.5. The molecule has 0 radical (unpaired) electrons. The van der Waals surface area contributed by atoms with Gasteiger partial charge in [0, 0.05) is 17.8 Å². The number of hydrogen-bond donors (Lipinski definition) is 0. The van der Waals surface area contributed by atoms with Crippen molar-refractivity contribution in [2.24, 2.45) is 0 Å². The highest BCUT2D eigenvalue weighted by Crippen LogP contribution is 2.30. The van der Waals surface area contributed by atoms with Crippen LogP contribution in [-0.4, -0.2) is 27.1 Å². The van der Waals surface area contributed by atoms with E-state index in [1.54, 1.807) is 18.1 Å². The van der Waals surface area contributed by atoms with Crippen molar-refractivity contribution in [1.29, 1.82) is 0 Å². The minimum atomic E-state index is 0.738. The Kier molecular flexibility index (Phi) is 3.24. The monoisotopic (exact) mass is 302 g/mol. The average molecular weight is 302 g/mol. The summed E-state index contributed by atoms with van der Waals surface area (Å²) in [5, 5.41) is 8.99. The van der Waals surface area contributed by atoms with Gasteiger partial charge in [-0.3, -0.25) is 4.98 Å². The van der Waals surface area contributed by atoms with Crippen LogP contribution in [0.2, 0.25) is 0 Å². The van der Waals surface area contributed by atoms with E-state index in [1.165, 1.54) is 0 Å². The maximum absolute atomic E-state index is 5.53. The summed E-state index contributed by atoms with van der Waals surface area (Å²) in [7, 11) is 1.65. The van der Waals surface area contributed by atoms with Gasteiger partial charge in [0.1, 0.15) is 16.8 Å². The van der Waals surface area contributed by atoms with Crippen LogP contribution in [0.5, 0.6) is 5.75 Å². The maximum atomic E-state index is 5.53. The van der Waals surface area contributed by atoms with Gasteiger partial charge in [-0.1, -0.05) is 18.2 Å². The van der Waals surface area contributed by atoms with Crippen LogP contribution in [0.3, 0.4) is 0 Å². The minimum absolute atomic E-state index is 0.738. The first kappa shape index (κ1) is 13.5. The van der Waals surface area contributed by atoms with E-state index in [2.05, 4.69) is 15.2 Å². The fraction of sp³-hybridized carbons (Fsp3) is 0.0556. The quantitative estimate of drug-likeness (QED) is 0.581. The SMILES string of the molecule is COc1cc(-n2nc3ccccc3n2)ccc1-c1ccccn1. The second kappa shape index (κ2) is 5.53. The Bertz CT molecular complexity index is 930. The summed E-state index contributed by atoms with van der Waals surface area (Å²) < 4.78 is 5.53. The van der Waals surface area contributed by atoms with E-state index in [4.69, 9.17) is 4.74 Å². The molecule has 0 aliphatic heterocycles. The van der Waals surface area contributed by atoms with Crippen molar-refractivity contribution in [3.8, 4) is 22.7 Å². The number of nitrogens with zero attached hydrogens (tertiary/aromatic N) is 4. The van der Waals surface area contributed by atoms with Gasteiger partial charge in [0.2, 0.25) is 0 Å². The molecular weight excluding hydrogens is 288 g/mol. The van der Waals surface area contributed by atoms with Gasteiger partial charge in [0.25, 0.3) is 0 Å². The number of fused-ring (bicyclic) bond motifs is 1. The first-order chi connectivity index (χ1) is 11.3. The van der Waals surface area contributed by atoms with Crippen LogP contribution in [0.25, 0.3) is 28.0 Å². The molecule has 4 rings (SSSR count). The molecule has 23 heavy (non-hydrogen) atoms. The Morgan fingerprint density at radius 3 is 2.26 bits per heavy atom. The van der Waals surface area contributed by atoms with E-state index < -0.39 is 0 Å². The Balaban J connectivity index is 1.81. The third kappa shape index (κ3) is 2.42. The summed E-state index contributed by atoms with van der Waals surface area (Å²) in [4.78, 5) is 6.00. The number of pyridine rings is 1. The van der Waals surface area contributed by atoms with E-state index in [0.29, 0.717) is 0 Å². The van der Waals surface area contributed by atoms with Gasteiger partial charge in [-0.15, -0.1) is 10.2 Å². The smallest absolute Gasteiger partial charge is 0.130 e.